The minimum atomic E-state index is -0.596. The van der Waals surface area contributed by atoms with Crippen LogP contribution in [0.25, 0.3) is 0 Å². The minimum absolute atomic E-state index is 0.0744. The van der Waals surface area contributed by atoms with Crippen LogP contribution in [0.4, 0.5) is 8.78 Å². The van der Waals surface area contributed by atoms with Gasteiger partial charge in [0.2, 0.25) is 0 Å². The molecule has 0 bridgehead atoms. The van der Waals surface area contributed by atoms with Gasteiger partial charge < -0.3 is 20.7 Å². The predicted molar refractivity (Wildman–Crippen MR) is 116 cm³/mol. The van der Waals surface area contributed by atoms with Crippen molar-refractivity contribution in [1.82, 2.24) is 16.0 Å². The van der Waals surface area contributed by atoms with Gasteiger partial charge in [0.1, 0.15) is 18.2 Å². The summed E-state index contributed by atoms with van der Waals surface area (Å²) in [7, 11) is 0. The molecule has 0 radical (unpaired) electrons. The standard InChI is InChI=1S/C22H29F2N3OS/c1-15(7-8-25-13-16-5-3-2-4-6-16)12-26-22(29)27-19-10-17-9-18(23)11-20(24)21(17)28-14-19/h3,5-6,11-12,17,19,25H,2,4,7-10,13-14H2,1H3,(H2,26,27,29)/b15-12+. The summed E-state index contributed by atoms with van der Waals surface area (Å²) in [5.74, 6) is -1.04. The summed E-state index contributed by atoms with van der Waals surface area (Å²) in [6.45, 7) is 4.16. The molecule has 1 aliphatic heterocycles. The van der Waals surface area contributed by atoms with Gasteiger partial charge in [0.15, 0.2) is 10.9 Å². The first-order chi connectivity index (χ1) is 14.0. The largest absolute Gasteiger partial charge is 0.492 e. The Hall–Kier alpha value is -1.99. The molecule has 1 heterocycles. The molecule has 2 atom stereocenters. The van der Waals surface area contributed by atoms with Crippen LogP contribution in [0.1, 0.15) is 39.0 Å². The van der Waals surface area contributed by atoms with Crippen LogP contribution in [0.2, 0.25) is 0 Å². The molecule has 29 heavy (non-hydrogen) atoms. The first-order valence-corrected chi connectivity index (χ1v) is 10.6. The van der Waals surface area contributed by atoms with Gasteiger partial charge in [-0.05, 0) is 56.9 Å². The molecule has 1 saturated heterocycles. The van der Waals surface area contributed by atoms with E-state index in [2.05, 4.69) is 41.1 Å². The van der Waals surface area contributed by atoms with Crippen LogP contribution in [-0.4, -0.2) is 30.9 Å². The van der Waals surface area contributed by atoms with Gasteiger partial charge in [-0.25, -0.2) is 8.78 Å². The van der Waals surface area contributed by atoms with Gasteiger partial charge in [-0.15, -0.1) is 0 Å². The summed E-state index contributed by atoms with van der Waals surface area (Å²) in [4.78, 5) is 0. The second-order valence-electron chi connectivity index (χ2n) is 7.74. The highest BCUT2D eigenvalue weighted by Gasteiger charge is 2.33. The van der Waals surface area contributed by atoms with Gasteiger partial charge in [0.05, 0.1) is 6.04 Å². The van der Waals surface area contributed by atoms with Gasteiger partial charge >= 0.3 is 0 Å². The summed E-state index contributed by atoms with van der Waals surface area (Å²) < 4.78 is 32.8. The van der Waals surface area contributed by atoms with Gasteiger partial charge in [0.25, 0.3) is 0 Å². The molecule has 2 unspecified atom stereocenters. The second-order valence-corrected chi connectivity index (χ2v) is 8.15. The Morgan fingerprint density at radius 1 is 1.34 bits per heavy atom. The molecule has 4 nitrogen and oxygen atoms in total. The van der Waals surface area contributed by atoms with E-state index >= 15 is 0 Å². The quantitative estimate of drug-likeness (QED) is 0.419. The molecule has 2 aliphatic carbocycles. The maximum atomic E-state index is 13.8. The third kappa shape index (κ3) is 6.78. The lowest BCUT2D eigenvalue weighted by Gasteiger charge is -2.34. The molecular weight excluding hydrogens is 392 g/mol. The molecule has 7 heteroatoms. The molecule has 1 fully saturated rings. The minimum Gasteiger partial charge on any atom is -0.492 e. The number of halogens is 2. The van der Waals surface area contributed by atoms with E-state index in [1.807, 2.05) is 6.20 Å². The number of thiocarbonyl (C=S) groups is 1. The zero-order valence-electron chi connectivity index (χ0n) is 16.8. The maximum Gasteiger partial charge on any atom is 0.170 e. The van der Waals surface area contributed by atoms with Crippen molar-refractivity contribution >= 4 is 17.3 Å². The summed E-state index contributed by atoms with van der Waals surface area (Å²) in [6, 6.07) is -0.0744. The smallest absolute Gasteiger partial charge is 0.170 e. The number of hydrogen-bond donors (Lipinski definition) is 3. The molecule has 0 saturated carbocycles. The summed E-state index contributed by atoms with van der Waals surface area (Å²) in [5.41, 5.74) is 2.53. The molecule has 0 aromatic rings. The lowest BCUT2D eigenvalue weighted by Crippen LogP contribution is -2.46. The summed E-state index contributed by atoms with van der Waals surface area (Å²) in [5, 5.41) is 10.2. The third-order valence-electron chi connectivity index (χ3n) is 5.22. The van der Waals surface area contributed by atoms with Crippen molar-refractivity contribution in [3.8, 4) is 0 Å². The van der Waals surface area contributed by atoms with E-state index in [0.29, 0.717) is 18.1 Å². The topological polar surface area (TPSA) is 45.3 Å². The van der Waals surface area contributed by atoms with Crippen LogP contribution < -0.4 is 16.0 Å². The SMILES string of the molecule is C/C(=C\NC(=S)NC1COC2=C(F)C=C(F)CC2C1)CCNCC1=CCCC=C1. The Morgan fingerprint density at radius 2 is 2.21 bits per heavy atom. The Labute approximate surface area is 176 Å². The van der Waals surface area contributed by atoms with Crippen LogP contribution in [0.5, 0.6) is 0 Å². The number of hydrogen-bond acceptors (Lipinski definition) is 3. The van der Waals surface area contributed by atoms with Crippen LogP contribution in [0.3, 0.4) is 0 Å². The highest BCUT2D eigenvalue weighted by Crippen LogP contribution is 2.37. The molecule has 0 aromatic carbocycles. The molecular formula is C22H29F2N3OS. The number of fused-ring (bicyclic) bond motifs is 1. The van der Waals surface area contributed by atoms with Crippen molar-refractivity contribution in [2.45, 2.75) is 45.1 Å². The molecule has 3 rings (SSSR count). The van der Waals surface area contributed by atoms with Crippen molar-refractivity contribution in [3.05, 3.63) is 59.1 Å². The molecule has 0 spiro atoms. The van der Waals surface area contributed by atoms with Crippen LogP contribution in [0.15, 0.2) is 59.1 Å². The third-order valence-corrected chi connectivity index (χ3v) is 5.46. The van der Waals surface area contributed by atoms with Crippen molar-refractivity contribution in [1.29, 1.82) is 0 Å². The lowest BCUT2D eigenvalue weighted by atomic mass is 9.88. The van der Waals surface area contributed by atoms with E-state index in [-0.39, 0.29) is 24.1 Å². The molecule has 0 aromatic heterocycles. The Morgan fingerprint density at radius 3 is 3.00 bits per heavy atom. The van der Waals surface area contributed by atoms with E-state index in [4.69, 9.17) is 17.0 Å². The fourth-order valence-electron chi connectivity index (χ4n) is 3.68. The fourth-order valence-corrected chi connectivity index (χ4v) is 3.90. The average Bonchev–Trinajstić information content (AvgIpc) is 2.70. The first kappa shape index (κ1) is 21.7. The van der Waals surface area contributed by atoms with Gasteiger partial charge in [0, 0.05) is 31.2 Å². The van der Waals surface area contributed by atoms with Gasteiger partial charge in [-0.2, -0.15) is 0 Å². The van der Waals surface area contributed by atoms with Crippen molar-refractivity contribution < 1.29 is 13.5 Å². The Kier molecular flexibility index (Phi) is 8.00. The summed E-state index contributed by atoms with van der Waals surface area (Å²) >= 11 is 5.34. The van der Waals surface area contributed by atoms with Gasteiger partial charge in [-0.3, -0.25) is 0 Å². The highest BCUT2D eigenvalue weighted by atomic mass is 32.1. The van der Waals surface area contributed by atoms with Crippen LogP contribution >= 0.6 is 12.2 Å². The predicted octanol–water partition coefficient (Wildman–Crippen LogP) is 4.45. The van der Waals surface area contributed by atoms with Crippen molar-refractivity contribution in [3.63, 3.8) is 0 Å². The van der Waals surface area contributed by atoms with E-state index in [1.165, 1.54) is 11.1 Å². The zero-order valence-corrected chi connectivity index (χ0v) is 17.6. The van der Waals surface area contributed by atoms with Crippen molar-refractivity contribution in [2.24, 2.45) is 5.92 Å². The van der Waals surface area contributed by atoms with E-state index in [0.717, 1.165) is 38.4 Å². The summed E-state index contributed by atoms with van der Waals surface area (Å²) in [6.07, 6.45) is 13.4. The molecule has 158 valence electrons. The van der Waals surface area contributed by atoms with E-state index in [1.54, 1.807) is 0 Å². The number of rotatable bonds is 7. The zero-order chi connectivity index (χ0) is 20.6. The first-order valence-electron chi connectivity index (χ1n) is 10.2. The monoisotopic (exact) mass is 421 g/mol. The highest BCUT2D eigenvalue weighted by molar-refractivity contribution is 7.80. The maximum absolute atomic E-state index is 13.8. The number of allylic oxidation sites excluding steroid dienone is 6. The fraction of sp³-hybridized carbons (Fsp3) is 0.500. The number of nitrogens with one attached hydrogen (secondary N) is 3. The molecule has 0 amide bonds. The average molecular weight is 422 g/mol. The Balaban J connectivity index is 1.34. The molecule has 3 N–H and O–H groups in total. The van der Waals surface area contributed by atoms with Crippen LogP contribution in [0, 0.1) is 5.92 Å². The van der Waals surface area contributed by atoms with Gasteiger partial charge in [-0.1, -0.05) is 23.8 Å². The second kappa shape index (κ2) is 10.7. The lowest BCUT2D eigenvalue weighted by molar-refractivity contribution is 0.0912. The normalized spacial score (nSPS) is 24.3. The Bertz CT molecular complexity index is 770. The number of ether oxygens (including phenoxy) is 1. The van der Waals surface area contributed by atoms with Crippen molar-refractivity contribution in [2.75, 3.05) is 19.7 Å². The van der Waals surface area contributed by atoms with E-state index < -0.39 is 11.7 Å². The van der Waals surface area contributed by atoms with E-state index in [9.17, 15) is 8.78 Å². The molecule has 3 aliphatic rings. The van der Waals surface area contributed by atoms with Crippen LogP contribution in [-0.2, 0) is 4.74 Å².